The maximum absolute atomic E-state index is 11.6. The van der Waals surface area contributed by atoms with Crippen LogP contribution in [0.5, 0.6) is 0 Å². The molecular weight excluding hydrogens is 366 g/mol. The maximum Gasteiger partial charge on any atom is 0.321 e. The van der Waals surface area contributed by atoms with Crippen LogP contribution in [0.3, 0.4) is 0 Å². The second-order valence-corrected chi connectivity index (χ2v) is 7.00. The lowest BCUT2D eigenvalue weighted by molar-refractivity contribution is -0.142. The Bertz CT molecular complexity index is 793. The van der Waals surface area contributed by atoms with Gasteiger partial charge in [0.15, 0.2) is 0 Å². The molecule has 0 fully saturated rings. The van der Waals surface area contributed by atoms with Crippen molar-refractivity contribution in [3.8, 4) is 0 Å². The zero-order chi connectivity index (χ0) is 19.8. The minimum atomic E-state index is -1.06. The number of carbonyl (C=O) groups is 2. The molecule has 0 aliphatic heterocycles. The number of aliphatic carboxylic acids is 2. The molecule has 0 aromatic heterocycles. The second-order valence-electron chi connectivity index (χ2n) is 6.57. The fourth-order valence-corrected chi connectivity index (χ4v) is 3.22. The normalized spacial score (nSPS) is 13.1. The molecule has 2 aromatic rings. The number of rotatable bonds is 10. The van der Waals surface area contributed by atoms with Crippen LogP contribution >= 0.6 is 11.6 Å². The Morgan fingerprint density at radius 2 is 1.56 bits per heavy atom. The Labute approximate surface area is 164 Å². The summed E-state index contributed by atoms with van der Waals surface area (Å²) in [6, 6.07) is 13.4. The van der Waals surface area contributed by atoms with Crippen molar-refractivity contribution in [2.45, 2.75) is 44.7 Å². The van der Waals surface area contributed by atoms with Crippen LogP contribution in [0.2, 0.25) is 5.02 Å². The van der Waals surface area contributed by atoms with Gasteiger partial charge in [0.05, 0.1) is 0 Å². The van der Waals surface area contributed by atoms with Gasteiger partial charge in [-0.05, 0) is 48.1 Å². The molecule has 3 N–H and O–H groups in total. The van der Waals surface area contributed by atoms with Crippen molar-refractivity contribution in [1.29, 1.82) is 0 Å². The number of benzene rings is 2. The smallest absolute Gasteiger partial charge is 0.321 e. The third kappa shape index (κ3) is 6.70. The van der Waals surface area contributed by atoms with Gasteiger partial charge in [-0.1, -0.05) is 61.3 Å². The van der Waals surface area contributed by atoms with Gasteiger partial charge in [0, 0.05) is 5.02 Å². The number of carboxylic acid groups (broad SMARTS) is 2. The first-order valence-electron chi connectivity index (χ1n) is 8.93. The first-order valence-corrected chi connectivity index (χ1v) is 9.30. The molecule has 0 saturated carbocycles. The molecule has 0 amide bonds. The van der Waals surface area contributed by atoms with Crippen LogP contribution in [0, 0.1) is 0 Å². The fourth-order valence-electron chi connectivity index (χ4n) is 3.01. The molecule has 6 heteroatoms. The van der Waals surface area contributed by atoms with Gasteiger partial charge in [-0.3, -0.25) is 14.9 Å². The Morgan fingerprint density at radius 1 is 0.963 bits per heavy atom. The van der Waals surface area contributed by atoms with E-state index in [-0.39, 0.29) is 6.42 Å². The highest BCUT2D eigenvalue weighted by atomic mass is 35.5. The third-order valence-corrected chi connectivity index (χ3v) is 4.54. The molecule has 2 unspecified atom stereocenters. The summed E-state index contributed by atoms with van der Waals surface area (Å²) in [4.78, 5) is 22.9. The van der Waals surface area contributed by atoms with Crippen molar-refractivity contribution in [2.24, 2.45) is 0 Å². The van der Waals surface area contributed by atoms with Crippen LogP contribution < -0.4 is 5.32 Å². The molecule has 2 aromatic carbocycles. The molecule has 2 rings (SSSR count). The summed E-state index contributed by atoms with van der Waals surface area (Å²) < 4.78 is 0. The van der Waals surface area contributed by atoms with E-state index in [1.165, 1.54) is 0 Å². The largest absolute Gasteiger partial charge is 0.480 e. The summed E-state index contributed by atoms with van der Waals surface area (Å²) in [6.45, 7) is 1.87. The summed E-state index contributed by atoms with van der Waals surface area (Å²) in [5.74, 6) is -2.09. The highest BCUT2D eigenvalue weighted by Gasteiger charge is 2.25. The van der Waals surface area contributed by atoms with E-state index in [4.69, 9.17) is 11.6 Å². The highest BCUT2D eigenvalue weighted by molar-refractivity contribution is 6.30. The van der Waals surface area contributed by atoms with E-state index >= 15 is 0 Å². The van der Waals surface area contributed by atoms with Crippen LogP contribution in [-0.4, -0.2) is 34.2 Å². The van der Waals surface area contributed by atoms with Crippen molar-refractivity contribution in [3.63, 3.8) is 0 Å². The second kappa shape index (κ2) is 10.1. The molecule has 0 aliphatic carbocycles. The lowest BCUT2D eigenvalue weighted by Gasteiger charge is -2.20. The van der Waals surface area contributed by atoms with E-state index in [0.717, 1.165) is 16.7 Å². The van der Waals surface area contributed by atoms with Gasteiger partial charge in [-0.25, -0.2) is 0 Å². The Hall–Kier alpha value is -2.37. The molecule has 0 aliphatic rings. The highest BCUT2D eigenvalue weighted by Crippen LogP contribution is 2.16. The Balaban J connectivity index is 2.11. The average molecular weight is 390 g/mol. The molecule has 27 heavy (non-hydrogen) atoms. The average Bonchev–Trinajstić information content (AvgIpc) is 2.60. The summed E-state index contributed by atoms with van der Waals surface area (Å²) in [7, 11) is 0. The van der Waals surface area contributed by atoms with Gasteiger partial charge in [-0.15, -0.1) is 0 Å². The van der Waals surface area contributed by atoms with Crippen LogP contribution in [0.4, 0.5) is 0 Å². The standard InChI is InChI=1S/C21H24ClNO4/c1-2-5-18(20(24)25)23-19(21(26)27)13-16-7-3-6-14(11-16)10-15-8-4-9-17(22)12-15/h3-4,6-9,11-12,18-19,23H,2,5,10,13H2,1H3,(H,24,25)(H,26,27). The first kappa shape index (κ1) is 20.9. The molecular formula is C21H24ClNO4. The van der Waals surface area contributed by atoms with Crippen molar-refractivity contribution in [1.82, 2.24) is 5.32 Å². The van der Waals surface area contributed by atoms with E-state index in [1.54, 1.807) is 0 Å². The SMILES string of the molecule is CCCC(NC(Cc1cccc(Cc2cccc(Cl)c2)c1)C(=O)O)C(=O)O. The molecule has 0 radical (unpaired) electrons. The summed E-state index contributed by atoms with van der Waals surface area (Å²) in [5.41, 5.74) is 2.96. The number of hydrogen-bond acceptors (Lipinski definition) is 3. The molecule has 0 saturated heterocycles. The molecule has 0 heterocycles. The van der Waals surface area contributed by atoms with E-state index in [1.807, 2.05) is 55.5 Å². The molecule has 144 valence electrons. The van der Waals surface area contributed by atoms with Crippen LogP contribution in [-0.2, 0) is 22.4 Å². The monoisotopic (exact) mass is 389 g/mol. The number of carboxylic acids is 2. The van der Waals surface area contributed by atoms with Gasteiger partial charge in [0.1, 0.15) is 12.1 Å². The molecule has 2 atom stereocenters. The summed E-state index contributed by atoms with van der Waals surface area (Å²) in [6.07, 6.45) is 1.94. The fraction of sp³-hybridized carbons (Fsp3) is 0.333. The van der Waals surface area contributed by atoms with Gasteiger partial charge in [0.25, 0.3) is 0 Å². The molecule has 5 nitrogen and oxygen atoms in total. The van der Waals surface area contributed by atoms with E-state index in [2.05, 4.69) is 5.32 Å². The lowest BCUT2D eigenvalue weighted by Crippen LogP contribution is -2.48. The van der Waals surface area contributed by atoms with Crippen LogP contribution in [0.15, 0.2) is 48.5 Å². The first-order chi connectivity index (χ1) is 12.9. The van der Waals surface area contributed by atoms with Crippen LogP contribution in [0.1, 0.15) is 36.5 Å². The van der Waals surface area contributed by atoms with Crippen molar-refractivity contribution in [2.75, 3.05) is 0 Å². The molecule has 0 spiro atoms. The van der Waals surface area contributed by atoms with E-state index < -0.39 is 24.0 Å². The van der Waals surface area contributed by atoms with Gasteiger partial charge >= 0.3 is 11.9 Å². The predicted molar refractivity (Wildman–Crippen MR) is 105 cm³/mol. The quantitative estimate of drug-likeness (QED) is 0.575. The Morgan fingerprint density at radius 3 is 2.15 bits per heavy atom. The summed E-state index contributed by atoms with van der Waals surface area (Å²) in [5, 5.41) is 22.2. The number of nitrogens with one attached hydrogen (secondary N) is 1. The topological polar surface area (TPSA) is 86.6 Å². The third-order valence-electron chi connectivity index (χ3n) is 4.30. The minimum Gasteiger partial charge on any atom is -0.480 e. The van der Waals surface area contributed by atoms with Crippen molar-refractivity contribution >= 4 is 23.5 Å². The van der Waals surface area contributed by atoms with E-state index in [9.17, 15) is 19.8 Å². The predicted octanol–water partition coefficient (Wildman–Crippen LogP) is 3.77. The van der Waals surface area contributed by atoms with E-state index in [0.29, 0.717) is 24.3 Å². The minimum absolute atomic E-state index is 0.214. The zero-order valence-electron chi connectivity index (χ0n) is 15.2. The van der Waals surface area contributed by atoms with Crippen molar-refractivity contribution in [3.05, 3.63) is 70.2 Å². The Kier molecular flexibility index (Phi) is 7.82. The summed E-state index contributed by atoms with van der Waals surface area (Å²) >= 11 is 6.02. The van der Waals surface area contributed by atoms with Gasteiger partial charge < -0.3 is 10.2 Å². The lowest BCUT2D eigenvalue weighted by atomic mass is 9.99. The van der Waals surface area contributed by atoms with Gasteiger partial charge in [-0.2, -0.15) is 0 Å². The van der Waals surface area contributed by atoms with Crippen molar-refractivity contribution < 1.29 is 19.8 Å². The number of halogens is 1. The van der Waals surface area contributed by atoms with Crippen LogP contribution in [0.25, 0.3) is 0 Å². The molecule has 0 bridgehead atoms. The maximum atomic E-state index is 11.6. The zero-order valence-corrected chi connectivity index (χ0v) is 15.9. The van der Waals surface area contributed by atoms with Gasteiger partial charge in [0.2, 0.25) is 0 Å². The number of hydrogen-bond donors (Lipinski definition) is 3.